The first-order chi connectivity index (χ1) is 21.0. The molecule has 1 aliphatic carbocycles. The average molecular weight is 599 g/mol. The van der Waals surface area contributed by atoms with Gasteiger partial charge in [-0.3, -0.25) is 9.59 Å². The largest absolute Gasteiger partial charge is 0.478 e. The number of carboxylic acid groups (broad SMARTS) is 2. The van der Waals surface area contributed by atoms with Crippen molar-refractivity contribution in [2.75, 3.05) is 12.3 Å². The van der Waals surface area contributed by atoms with Crippen LogP contribution in [0.4, 0.5) is 5.82 Å². The van der Waals surface area contributed by atoms with Gasteiger partial charge in [0.15, 0.2) is 0 Å². The molecule has 2 aliphatic rings. The summed E-state index contributed by atoms with van der Waals surface area (Å²) in [6, 6.07) is 9.46. The maximum absolute atomic E-state index is 13.8. The molecule has 5 rings (SSSR count). The minimum Gasteiger partial charge on any atom is -0.478 e. The highest BCUT2D eigenvalue weighted by Crippen LogP contribution is 2.37. The van der Waals surface area contributed by atoms with Crippen LogP contribution in [0.15, 0.2) is 61.5 Å². The Balaban J connectivity index is 0.000000488. The van der Waals surface area contributed by atoms with E-state index in [4.69, 9.17) is 15.9 Å². The molecule has 2 amide bonds. The van der Waals surface area contributed by atoms with Crippen molar-refractivity contribution in [3.8, 4) is 11.8 Å². The zero-order valence-electron chi connectivity index (χ0n) is 24.4. The lowest BCUT2D eigenvalue weighted by molar-refractivity contribution is -0.134. The van der Waals surface area contributed by atoms with E-state index in [-0.39, 0.29) is 35.8 Å². The van der Waals surface area contributed by atoms with Crippen LogP contribution in [-0.4, -0.2) is 66.0 Å². The highest BCUT2D eigenvalue weighted by molar-refractivity contribution is 6.12. The van der Waals surface area contributed by atoms with Crippen LogP contribution in [-0.2, 0) is 14.4 Å². The third kappa shape index (κ3) is 7.30. The van der Waals surface area contributed by atoms with Crippen LogP contribution >= 0.6 is 0 Å². The maximum Gasteiger partial charge on any atom is 0.328 e. The highest BCUT2D eigenvalue weighted by atomic mass is 16.4. The van der Waals surface area contributed by atoms with Gasteiger partial charge in [-0.2, -0.15) is 0 Å². The second kappa shape index (κ2) is 13.7. The maximum atomic E-state index is 13.8. The number of benzene rings is 1. The van der Waals surface area contributed by atoms with Gasteiger partial charge in [0.2, 0.25) is 5.91 Å². The van der Waals surface area contributed by atoms with Crippen LogP contribution in [0, 0.1) is 17.8 Å². The number of nitrogens with zero attached hydrogens (tertiary/aromatic N) is 4. The highest BCUT2D eigenvalue weighted by Gasteiger charge is 2.37. The number of likely N-dealkylation sites (tertiary alicyclic amines) is 1. The fraction of sp³-hybridized carbons (Fsp3) is 0.312. The number of carbonyl (C=O) groups excluding carboxylic acids is 2. The van der Waals surface area contributed by atoms with E-state index in [0.717, 1.165) is 18.4 Å². The van der Waals surface area contributed by atoms with Crippen LogP contribution < -0.4 is 11.1 Å². The molecule has 1 aromatic carbocycles. The molecule has 3 atom stereocenters. The Kier molecular flexibility index (Phi) is 9.80. The van der Waals surface area contributed by atoms with Crippen molar-refractivity contribution in [1.82, 2.24) is 24.8 Å². The van der Waals surface area contributed by atoms with Crippen molar-refractivity contribution in [2.45, 2.75) is 51.2 Å². The SMILES string of the molecule is C=CC(=O)N1C[C@H](n2c(C#CC3CC3)c(C(=O)N[C@H](C)c3ccccc3)c3c(N)ncnc32)C[C@@H]1C.O=C(O)/C=C/C(=O)O. The van der Waals surface area contributed by atoms with E-state index in [1.165, 1.54) is 12.4 Å². The molecule has 3 heterocycles. The number of fused-ring (bicyclic) bond motifs is 1. The number of aliphatic carboxylic acids is 2. The number of hydrogen-bond acceptors (Lipinski definition) is 7. The summed E-state index contributed by atoms with van der Waals surface area (Å²) >= 11 is 0. The summed E-state index contributed by atoms with van der Waals surface area (Å²) in [6.07, 6.45) is 6.68. The molecule has 0 unspecified atom stereocenters. The van der Waals surface area contributed by atoms with Gasteiger partial charge in [-0.15, -0.1) is 0 Å². The first kappa shape index (κ1) is 31.5. The zero-order valence-corrected chi connectivity index (χ0v) is 24.4. The normalized spacial score (nSPS) is 18.1. The Hall–Kier alpha value is -5.44. The number of amides is 2. The third-order valence-electron chi connectivity index (χ3n) is 7.40. The summed E-state index contributed by atoms with van der Waals surface area (Å²) in [4.78, 5) is 55.9. The molecule has 2 aromatic heterocycles. The lowest BCUT2D eigenvalue weighted by Crippen LogP contribution is -2.32. The number of nitrogen functional groups attached to an aromatic ring is 1. The molecule has 2 fully saturated rings. The standard InChI is InChI=1S/C28H30N6O2.C4H4O4/c1-4-23(35)33-15-21(14-17(33)2)34-22(13-12-19-10-11-19)24(25-26(29)30-16-31-27(25)34)28(36)32-18(3)20-8-6-5-7-9-20;5-3(6)1-2-4(7)8/h4-9,16-19,21H,1,10-11,14-15H2,2-3H3,(H,32,36)(H2,29,30,31);1-2H,(H,5,6)(H,7,8)/b;2-1+/t17-,18+,21+;/m0./s1. The van der Waals surface area contributed by atoms with E-state index in [1.807, 2.05) is 48.7 Å². The molecule has 12 nitrogen and oxygen atoms in total. The van der Waals surface area contributed by atoms with Gasteiger partial charge in [-0.1, -0.05) is 42.8 Å². The van der Waals surface area contributed by atoms with E-state index in [1.54, 1.807) is 4.90 Å². The molecule has 5 N–H and O–H groups in total. The first-order valence-corrected chi connectivity index (χ1v) is 14.1. The van der Waals surface area contributed by atoms with Gasteiger partial charge in [0.1, 0.15) is 23.5 Å². The number of nitrogens with one attached hydrogen (secondary N) is 1. The number of aromatic nitrogens is 3. The van der Waals surface area contributed by atoms with Crippen molar-refractivity contribution in [3.05, 3.63) is 78.3 Å². The molecule has 44 heavy (non-hydrogen) atoms. The third-order valence-corrected chi connectivity index (χ3v) is 7.40. The van der Waals surface area contributed by atoms with Crippen LogP contribution in [0.2, 0.25) is 0 Å². The van der Waals surface area contributed by atoms with Crippen LogP contribution in [0.5, 0.6) is 0 Å². The minimum absolute atomic E-state index is 0.0109. The summed E-state index contributed by atoms with van der Waals surface area (Å²) in [5, 5.41) is 19.2. The summed E-state index contributed by atoms with van der Waals surface area (Å²) in [5.41, 5.74) is 8.86. The van der Waals surface area contributed by atoms with Crippen molar-refractivity contribution >= 4 is 40.6 Å². The van der Waals surface area contributed by atoms with Gasteiger partial charge >= 0.3 is 11.9 Å². The molecular formula is C32H34N6O6. The molecular weight excluding hydrogens is 564 g/mol. The Morgan fingerprint density at radius 2 is 1.77 bits per heavy atom. The second-order valence-electron chi connectivity index (χ2n) is 10.6. The summed E-state index contributed by atoms with van der Waals surface area (Å²) in [7, 11) is 0. The average Bonchev–Trinajstić information content (AvgIpc) is 3.66. The molecule has 0 spiro atoms. The predicted octanol–water partition coefficient (Wildman–Crippen LogP) is 3.33. The topological polar surface area (TPSA) is 181 Å². The summed E-state index contributed by atoms with van der Waals surface area (Å²) in [5.74, 6) is 4.29. The second-order valence-corrected chi connectivity index (χ2v) is 10.6. The lowest BCUT2D eigenvalue weighted by Gasteiger charge is -2.19. The van der Waals surface area contributed by atoms with Crippen LogP contribution in [0.1, 0.15) is 66.8 Å². The minimum atomic E-state index is -1.26. The van der Waals surface area contributed by atoms with Crippen molar-refractivity contribution < 1.29 is 29.4 Å². The van der Waals surface area contributed by atoms with E-state index < -0.39 is 11.9 Å². The predicted molar refractivity (Wildman–Crippen MR) is 163 cm³/mol. The van der Waals surface area contributed by atoms with Gasteiger partial charge in [0.25, 0.3) is 5.91 Å². The molecule has 1 saturated heterocycles. The number of nitrogens with two attached hydrogens (primary N) is 1. The van der Waals surface area contributed by atoms with E-state index >= 15 is 0 Å². The number of carbonyl (C=O) groups is 4. The molecule has 228 valence electrons. The van der Waals surface area contributed by atoms with Crippen molar-refractivity contribution in [2.24, 2.45) is 5.92 Å². The molecule has 12 heteroatoms. The summed E-state index contributed by atoms with van der Waals surface area (Å²) in [6.45, 7) is 8.07. The van der Waals surface area contributed by atoms with Crippen LogP contribution in [0.25, 0.3) is 11.0 Å². The number of carboxylic acids is 2. The van der Waals surface area contributed by atoms with Gasteiger partial charge in [0.05, 0.1) is 23.0 Å². The molecule has 3 aromatic rings. The molecule has 1 aliphatic heterocycles. The van der Waals surface area contributed by atoms with Gasteiger partial charge in [-0.25, -0.2) is 19.6 Å². The Bertz CT molecular complexity index is 1670. The fourth-order valence-corrected chi connectivity index (χ4v) is 5.10. The van der Waals surface area contributed by atoms with E-state index in [9.17, 15) is 19.2 Å². The molecule has 0 radical (unpaired) electrons. The van der Waals surface area contributed by atoms with Gasteiger partial charge in [0, 0.05) is 30.7 Å². The molecule has 1 saturated carbocycles. The Morgan fingerprint density at radius 3 is 2.36 bits per heavy atom. The van der Waals surface area contributed by atoms with E-state index in [2.05, 4.69) is 33.7 Å². The quantitative estimate of drug-likeness (QED) is 0.234. The monoisotopic (exact) mass is 598 g/mol. The zero-order chi connectivity index (χ0) is 32.0. The van der Waals surface area contributed by atoms with E-state index in [0.29, 0.717) is 53.3 Å². The van der Waals surface area contributed by atoms with Gasteiger partial charge < -0.3 is 30.7 Å². The number of hydrogen-bond donors (Lipinski definition) is 4. The van der Waals surface area contributed by atoms with Crippen molar-refractivity contribution in [1.29, 1.82) is 0 Å². The Labute approximate surface area is 254 Å². The first-order valence-electron chi connectivity index (χ1n) is 14.1. The number of anilines is 1. The van der Waals surface area contributed by atoms with Crippen LogP contribution in [0.3, 0.4) is 0 Å². The summed E-state index contributed by atoms with van der Waals surface area (Å²) < 4.78 is 2.00. The molecule has 0 bridgehead atoms. The fourth-order valence-electron chi connectivity index (χ4n) is 5.10. The Morgan fingerprint density at radius 1 is 1.11 bits per heavy atom. The lowest BCUT2D eigenvalue weighted by atomic mass is 10.1. The van der Waals surface area contributed by atoms with Gasteiger partial charge in [-0.05, 0) is 50.7 Å². The van der Waals surface area contributed by atoms with Crippen molar-refractivity contribution in [3.63, 3.8) is 0 Å². The smallest absolute Gasteiger partial charge is 0.328 e. The number of rotatable bonds is 7.